The van der Waals surface area contributed by atoms with Gasteiger partial charge in [0.15, 0.2) is 0 Å². The first-order valence-corrected chi connectivity index (χ1v) is 4.05. The van der Waals surface area contributed by atoms with Crippen LogP contribution in [0.3, 0.4) is 0 Å². The molecule has 1 heterocycles. The Labute approximate surface area is 68.2 Å². The van der Waals surface area contributed by atoms with Gasteiger partial charge >= 0.3 is 0 Å². The summed E-state index contributed by atoms with van der Waals surface area (Å²) in [5.41, 5.74) is 1.35. The molecule has 0 atom stereocenters. The van der Waals surface area contributed by atoms with E-state index in [0.29, 0.717) is 6.04 Å². The molecule has 0 aliphatic carbocycles. The van der Waals surface area contributed by atoms with E-state index in [4.69, 9.17) is 0 Å². The molecule has 0 saturated carbocycles. The maximum atomic E-state index is 3.12. The van der Waals surface area contributed by atoms with E-state index >= 15 is 0 Å². The summed E-state index contributed by atoms with van der Waals surface area (Å²) in [5.74, 6) is 0. The number of rotatable bonds is 3. The van der Waals surface area contributed by atoms with E-state index in [9.17, 15) is 0 Å². The molecule has 0 aliphatic heterocycles. The van der Waals surface area contributed by atoms with Crippen LogP contribution in [0, 0.1) is 0 Å². The van der Waals surface area contributed by atoms with Gasteiger partial charge in [-0.25, -0.2) is 0 Å². The zero-order valence-electron chi connectivity index (χ0n) is 7.46. The third kappa shape index (κ3) is 2.09. The van der Waals surface area contributed by atoms with Gasteiger partial charge < -0.3 is 9.88 Å². The summed E-state index contributed by atoms with van der Waals surface area (Å²) >= 11 is 0. The number of hydrogen-bond acceptors (Lipinski definition) is 1. The maximum Gasteiger partial charge on any atom is 0.0274 e. The highest BCUT2D eigenvalue weighted by Crippen LogP contribution is 2.07. The normalized spacial score (nSPS) is 10.9. The van der Waals surface area contributed by atoms with Crippen molar-refractivity contribution in [3.63, 3.8) is 0 Å². The molecule has 0 radical (unpaired) electrons. The fourth-order valence-corrected chi connectivity index (χ4v) is 1.09. The minimum Gasteiger partial charge on any atom is -0.351 e. The largest absolute Gasteiger partial charge is 0.351 e. The van der Waals surface area contributed by atoms with Crippen LogP contribution in [0.4, 0.5) is 0 Å². The Morgan fingerprint density at radius 1 is 1.55 bits per heavy atom. The first kappa shape index (κ1) is 8.34. The minimum atomic E-state index is 0.570. The van der Waals surface area contributed by atoms with Crippen LogP contribution < -0.4 is 5.32 Å². The number of nitrogens with zero attached hydrogens (tertiary/aromatic N) is 1. The molecule has 1 N–H and O–H groups in total. The summed E-state index contributed by atoms with van der Waals surface area (Å²) in [6, 6.07) is 2.72. The molecule has 0 amide bonds. The quantitative estimate of drug-likeness (QED) is 0.698. The maximum absolute atomic E-state index is 3.12. The first-order valence-electron chi connectivity index (χ1n) is 4.05. The highest BCUT2D eigenvalue weighted by Gasteiger charge is 1.97. The molecule has 1 rings (SSSR count). The van der Waals surface area contributed by atoms with Gasteiger partial charge in [-0.3, -0.25) is 0 Å². The molecule has 62 valence electrons. The summed E-state index contributed by atoms with van der Waals surface area (Å²) in [6.45, 7) is 5.33. The molecule has 0 unspecified atom stereocenters. The lowest BCUT2D eigenvalue weighted by Crippen LogP contribution is -2.04. The molecule has 0 spiro atoms. The van der Waals surface area contributed by atoms with E-state index in [-0.39, 0.29) is 0 Å². The molecule has 1 aromatic rings. The Balaban J connectivity index is 2.66. The highest BCUT2D eigenvalue weighted by molar-refractivity contribution is 5.10. The average Bonchev–Trinajstić information content (AvgIpc) is 2.37. The SMILES string of the molecule is CNCc1ccn(C(C)C)c1. The van der Waals surface area contributed by atoms with Crippen molar-refractivity contribution in [2.75, 3.05) is 7.05 Å². The Morgan fingerprint density at radius 3 is 2.73 bits per heavy atom. The monoisotopic (exact) mass is 152 g/mol. The minimum absolute atomic E-state index is 0.570. The molecule has 0 bridgehead atoms. The Kier molecular flexibility index (Phi) is 2.71. The predicted octanol–water partition coefficient (Wildman–Crippen LogP) is 1.79. The molecular formula is C9H16N2. The van der Waals surface area contributed by atoms with Gasteiger partial charge in [0.05, 0.1) is 0 Å². The molecule has 0 aromatic carbocycles. The van der Waals surface area contributed by atoms with E-state index in [2.05, 4.69) is 42.2 Å². The number of nitrogens with one attached hydrogen (secondary N) is 1. The lowest BCUT2D eigenvalue weighted by atomic mass is 10.3. The molecule has 1 aromatic heterocycles. The summed E-state index contributed by atoms with van der Waals surface area (Å²) < 4.78 is 2.21. The van der Waals surface area contributed by atoms with Crippen molar-refractivity contribution in [3.8, 4) is 0 Å². The number of hydrogen-bond donors (Lipinski definition) is 1. The van der Waals surface area contributed by atoms with E-state index in [0.717, 1.165) is 6.54 Å². The Morgan fingerprint density at radius 2 is 2.27 bits per heavy atom. The van der Waals surface area contributed by atoms with Gasteiger partial charge in [0.1, 0.15) is 0 Å². The fourth-order valence-electron chi connectivity index (χ4n) is 1.09. The van der Waals surface area contributed by atoms with Crippen LogP contribution in [0.1, 0.15) is 25.5 Å². The van der Waals surface area contributed by atoms with Crippen LogP contribution in [0.15, 0.2) is 18.5 Å². The van der Waals surface area contributed by atoms with Gasteiger partial charge in [0.25, 0.3) is 0 Å². The van der Waals surface area contributed by atoms with Gasteiger partial charge in [-0.15, -0.1) is 0 Å². The summed E-state index contributed by atoms with van der Waals surface area (Å²) in [4.78, 5) is 0. The van der Waals surface area contributed by atoms with Crippen molar-refractivity contribution in [2.45, 2.75) is 26.4 Å². The Bertz CT molecular complexity index is 213. The van der Waals surface area contributed by atoms with Gasteiger partial charge in [-0.05, 0) is 32.5 Å². The third-order valence-corrected chi connectivity index (χ3v) is 1.75. The molecule has 2 nitrogen and oxygen atoms in total. The second-order valence-electron chi connectivity index (χ2n) is 3.09. The van der Waals surface area contributed by atoms with Crippen molar-refractivity contribution in [1.29, 1.82) is 0 Å². The van der Waals surface area contributed by atoms with Gasteiger partial charge in [0, 0.05) is 25.0 Å². The van der Waals surface area contributed by atoms with Crippen LogP contribution in [0.2, 0.25) is 0 Å². The lowest BCUT2D eigenvalue weighted by Gasteiger charge is -2.05. The van der Waals surface area contributed by atoms with Crippen molar-refractivity contribution in [2.24, 2.45) is 0 Å². The van der Waals surface area contributed by atoms with E-state index in [1.807, 2.05) is 7.05 Å². The molecular weight excluding hydrogens is 136 g/mol. The van der Waals surface area contributed by atoms with Gasteiger partial charge in [-0.2, -0.15) is 0 Å². The zero-order chi connectivity index (χ0) is 8.27. The molecule has 0 fully saturated rings. The summed E-state index contributed by atoms with van der Waals surface area (Å²) in [6.07, 6.45) is 4.30. The van der Waals surface area contributed by atoms with Crippen LogP contribution in [-0.4, -0.2) is 11.6 Å². The van der Waals surface area contributed by atoms with Crippen LogP contribution in [0.5, 0.6) is 0 Å². The van der Waals surface area contributed by atoms with Crippen molar-refractivity contribution in [3.05, 3.63) is 24.0 Å². The van der Waals surface area contributed by atoms with Crippen molar-refractivity contribution < 1.29 is 0 Å². The predicted molar refractivity (Wildman–Crippen MR) is 47.6 cm³/mol. The summed E-state index contributed by atoms with van der Waals surface area (Å²) in [5, 5.41) is 3.12. The fraction of sp³-hybridized carbons (Fsp3) is 0.556. The molecule has 11 heavy (non-hydrogen) atoms. The summed E-state index contributed by atoms with van der Waals surface area (Å²) in [7, 11) is 1.96. The van der Waals surface area contributed by atoms with Gasteiger partial charge in [0.2, 0.25) is 0 Å². The smallest absolute Gasteiger partial charge is 0.0274 e. The molecule has 0 saturated heterocycles. The number of aromatic nitrogens is 1. The van der Waals surface area contributed by atoms with Crippen molar-refractivity contribution >= 4 is 0 Å². The first-order chi connectivity index (χ1) is 5.24. The second-order valence-corrected chi connectivity index (χ2v) is 3.09. The lowest BCUT2D eigenvalue weighted by molar-refractivity contribution is 0.601. The van der Waals surface area contributed by atoms with Crippen LogP contribution >= 0.6 is 0 Å². The third-order valence-electron chi connectivity index (χ3n) is 1.75. The average molecular weight is 152 g/mol. The van der Waals surface area contributed by atoms with Gasteiger partial charge in [-0.1, -0.05) is 0 Å². The van der Waals surface area contributed by atoms with E-state index in [1.165, 1.54) is 5.56 Å². The second kappa shape index (κ2) is 3.58. The Hall–Kier alpha value is -0.760. The molecule has 2 heteroatoms. The molecule has 0 aliphatic rings. The zero-order valence-corrected chi connectivity index (χ0v) is 7.46. The van der Waals surface area contributed by atoms with Crippen molar-refractivity contribution in [1.82, 2.24) is 9.88 Å². The standard InChI is InChI=1S/C9H16N2/c1-8(2)11-5-4-9(7-11)6-10-3/h4-5,7-8,10H,6H2,1-3H3. The van der Waals surface area contributed by atoms with Crippen LogP contribution in [-0.2, 0) is 6.54 Å². The topological polar surface area (TPSA) is 17.0 Å². The highest BCUT2D eigenvalue weighted by atomic mass is 15.0. The van der Waals surface area contributed by atoms with E-state index in [1.54, 1.807) is 0 Å². The van der Waals surface area contributed by atoms with Crippen LogP contribution in [0.25, 0.3) is 0 Å². The van der Waals surface area contributed by atoms with E-state index < -0.39 is 0 Å².